The summed E-state index contributed by atoms with van der Waals surface area (Å²) in [6.07, 6.45) is 0.819. The van der Waals surface area contributed by atoms with Gasteiger partial charge in [-0.2, -0.15) is 8.42 Å². The van der Waals surface area contributed by atoms with Crippen LogP contribution in [0, 0.1) is 5.82 Å². The fourth-order valence-corrected chi connectivity index (χ4v) is 4.04. The van der Waals surface area contributed by atoms with Gasteiger partial charge < -0.3 is 10.2 Å². The molecule has 0 saturated carbocycles. The number of halogens is 1. The normalized spacial score (nSPS) is 15.2. The smallest absolute Gasteiger partial charge is 0.286 e. The lowest BCUT2D eigenvalue weighted by Crippen LogP contribution is -2.34. The van der Waals surface area contributed by atoms with Crippen LogP contribution in [0.1, 0.15) is 30.6 Å². The zero-order valence-corrected chi connectivity index (χ0v) is 15.2. The molecule has 0 fully saturated rings. The minimum absolute atomic E-state index is 0.00306. The summed E-state index contributed by atoms with van der Waals surface area (Å²) in [6.45, 7) is 4.25. The second kappa shape index (κ2) is 6.87. The molecule has 0 radical (unpaired) electrons. The van der Waals surface area contributed by atoms with Gasteiger partial charge >= 0.3 is 0 Å². The number of anilines is 2. The Labute approximate surface area is 151 Å². The molecule has 3 rings (SSSR count). The standard InChI is InChI=1S/C18H18FN3O3S/c1-3-10-22-12(2)21-26(24,25)17-11-13(4-9-16(17)22)18(23)20-15-7-5-14(19)6-8-15/h4-9,11H,3,10H2,1-2H3,(H,20,23). The molecule has 2 aromatic carbocycles. The summed E-state index contributed by atoms with van der Waals surface area (Å²) in [6, 6.07) is 9.81. The summed E-state index contributed by atoms with van der Waals surface area (Å²) in [4.78, 5) is 14.2. The predicted octanol–water partition coefficient (Wildman–Crippen LogP) is 3.42. The lowest BCUT2D eigenvalue weighted by atomic mass is 10.1. The zero-order valence-electron chi connectivity index (χ0n) is 14.4. The molecule has 26 heavy (non-hydrogen) atoms. The highest BCUT2D eigenvalue weighted by atomic mass is 32.2. The number of carbonyl (C=O) groups is 1. The Balaban J connectivity index is 1.95. The van der Waals surface area contributed by atoms with Crippen LogP contribution < -0.4 is 10.2 Å². The van der Waals surface area contributed by atoms with Crippen molar-refractivity contribution in [3.8, 4) is 0 Å². The van der Waals surface area contributed by atoms with Gasteiger partial charge in [0.2, 0.25) is 0 Å². The van der Waals surface area contributed by atoms with E-state index in [4.69, 9.17) is 0 Å². The Bertz CT molecular complexity index is 985. The molecule has 0 aromatic heterocycles. The van der Waals surface area contributed by atoms with Crippen LogP contribution in [-0.4, -0.2) is 26.7 Å². The van der Waals surface area contributed by atoms with Gasteiger partial charge in [-0.05, 0) is 55.8 Å². The van der Waals surface area contributed by atoms with Gasteiger partial charge in [0.05, 0.1) is 5.69 Å². The molecular formula is C18H18FN3O3S. The SMILES string of the molecule is CCCN1C(C)=NS(=O)(=O)c2cc(C(=O)Nc3ccc(F)cc3)ccc21. The highest BCUT2D eigenvalue weighted by Crippen LogP contribution is 2.32. The highest BCUT2D eigenvalue weighted by Gasteiger charge is 2.29. The molecule has 136 valence electrons. The molecule has 0 unspecified atom stereocenters. The third-order valence-corrected chi connectivity index (χ3v) is 5.37. The summed E-state index contributed by atoms with van der Waals surface area (Å²) in [5.74, 6) is -0.488. The average molecular weight is 375 g/mol. The van der Waals surface area contributed by atoms with E-state index in [0.29, 0.717) is 23.8 Å². The molecule has 2 aromatic rings. The fraction of sp³-hybridized carbons (Fsp3) is 0.222. The fourth-order valence-electron chi connectivity index (χ4n) is 2.77. The summed E-state index contributed by atoms with van der Waals surface area (Å²) >= 11 is 0. The van der Waals surface area contributed by atoms with E-state index in [1.165, 1.54) is 30.3 Å². The first kappa shape index (κ1) is 18.1. The van der Waals surface area contributed by atoms with E-state index in [-0.39, 0.29) is 10.5 Å². The lowest BCUT2D eigenvalue weighted by Gasteiger charge is -2.29. The Morgan fingerprint density at radius 3 is 2.54 bits per heavy atom. The van der Waals surface area contributed by atoms with Crippen molar-refractivity contribution in [1.29, 1.82) is 0 Å². The average Bonchev–Trinajstić information content (AvgIpc) is 2.60. The first-order valence-electron chi connectivity index (χ1n) is 8.12. The largest absolute Gasteiger partial charge is 0.328 e. The molecule has 6 nitrogen and oxygen atoms in total. The minimum Gasteiger partial charge on any atom is -0.328 e. The van der Waals surface area contributed by atoms with E-state index < -0.39 is 21.7 Å². The van der Waals surface area contributed by atoms with Crippen molar-refractivity contribution in [2.24, 2.45) is 4.40 Å². The number of hydrogen-bond donors (Lipinski definition) is 1. The van der Waals surface area contributed by atoms with E-state index in [2.05, 4.69) is 9.71 Å². The quantitative estimate of drug-likeness (QED) is 0.888. The van der Waals surface area contributed by atoms with Gasteiger partial charge in [0.15, 0.2) is 0 Å². The van der Waals surface area contributed by atoms with E-state index in [1.807, 2.05) is 11.8 Å². The first-order valence-corrected chi connectivity index (χ1v) is 9.56. The highest BCUT2D eigenvalue weighted by molar-refractivity contribution is 7.90. The van der Waals surface area contributed by atoms with E-state index in [0.717, 1.165) is 6.42 Å². The van der Waals surface area contributed by atoms with Crippen molar-refractivity contribution >= 4 is 33.1 Å². The van der Waals surface area contributed by atoms with Gasteiger partial charge in [0.25, 0.3) is 15.9 Å². The van der Waals surface area contributed by atoms with Crippen LogP contribution in [0.5, 0.6) is 0 Å². The molecule has 1 N–H and O–H groups in total. The van der Waals surface area contributed by atoms with Gasteiger partial charge in [0, 0.05) is 17.8 Å². The van der Waals surface area contributed by atoms with Gasteiger partial charge in [0.1, 0.15) is 16.5 Å². The molecule has 8 heteroatoms. The Kier molecular flexibility index (Phi) is 4.78. The van der Waals surface area contributed by atoms with Crippen LogP contribution in [0.2, 0.25) is 0 Å². The minimum atomic E-state index is -3.86. The summed E-state index contributed by atoms with van der Waals surface area (Å²) in [5, 5.41) is 2.61. The van der Waals surface area contributed by atoms with Crippen LogP contribution in [-0.2, 0) is 10.0 Å². The lowest BCUT2D eigenvalue weighted by molar-refractivity contribution is 0.102. The molecule has 0 aliphatic carbocycles. The van der Waals surface area contributed by atoms with Crippen molar-refractivity contribution in [3.05, 3.63) is 53.8 Å². The van der Waals surface area contributed by atoms with E-state index >= 15 is 0 Å². The Hall–Kier alpha value is -2.74. The van der Waals surface area contributed by atoms with Crippen molar-refractivity contribution in [3.63, 3.8) is 0 Å². The number of carbonyl (C=O) groups excluding carboxylic acids is 1. The number of benzene rings is 2. The third kappa shape index (κ3) is 3.45. The second-order valence-electron chi connectivity index (χ2n) is 5.91. The van der Waals surface area contributed by atoms with Crippen LogP contribution in [0.4, 0.5) is 15.8 Å². The number of fused-ring (bicyclic) bond motifs is 1. The molecule has 1 aliphatic heterocycles. The topological polar surface area (TPSA) is 78.8 Å². The van der Waals surface area contributed by atoms with Crippen molar-refractivity contribution in [2.45, 2.75) is 25.2 Å². The number of rotatable bonds is 4. The van der Waals surface area contributed by atoms with Gasteiger partial charge in [-0.3, -0.25) is 4.79 Å². The number of amides is 1. The number of hydrogen-bond acceptors (Lipinski definition) is 4. The third-order valence-electron chi connectivity index (χ3n) is 3.98. The molecule has 0 saturated heterocycles. The first-order chi connectivity index (χ1) is 12.3. The number of amidine groups is 1. The summed E-state index contributed by atoms with van der Waals surface area (Å²) < 4.78 is 41.6. The predicted molar refractivity (Wildman–Crippen MR) is 98.7 cm³/mol. The second-order valence-corrected chi connectivity index (χ2v) is 7.48. The molecule has 1 amide bonds. The molecule has 1 heterocycles. The monoisotopic (exact) mass is 375 g/mol. The molecule has 0 atom stereocenters. The Morgan fingerprint density at radius 2 is 1.88 bits per heavy atom. The molecule has 0 spiro atoms. The van der Waals surface area contributed by atoms with Gasteiger partial charge in [-0.25, -0.2) is 4.39 Å². The number of nitrogens with zero attached hydrogens (tertiary/aromatic N) is 2. The molecule has 1 aliphatic rings. The van der Waals surface area contributed by atoms with Crippen molar-refractivity contribution in [1.82, 2.24) is 0 Å². The maximum Gasteiger partial charge on any atom is 0.286 e. The van der Waals surface area contributed by atoms with Crippen LogP contribution in [0.15, 0.2) is 51.8 Å². The maximum atomic E-state index is 13.0. The maximum absolute atomic E-state index is 13.0. The number of sulfonamides is 1. The van der Waals surface area contributed by atoms with E-state index in [9.17, 15) is 17.6 Å². The molecular weight excluding hydrogens is 357 g/mol. The van der Waals surface area contributed by atoms with Crippen molar-refractivity contribution < 1.29 is 17.6 Å². The van der Waals surface area contributed by atoms with Crippen molar-refractivity contribution in [2.75, 3.05) is 16.8 Å². The number of nitrogens with one attached hydrogen (secondary N) is 1. The Morgan fingerprint density at radius 1 is 1.19 bits per heavy atom. The van der Waals surface area contributed by atoms with Gasteiger partial charge in [-0.15, -0.1) is 4.40 Å². The summed E-state index contributed by atoms with van der Waals surface area (Å²) in [5.41, 5.74) is 1.11. The van der Waals surface area contributed by atoms with E-state index in [1.54, 1.807) is 19.1 Å². The van der Waals surface area contributed by atoms with Gasteiger partial charge in [-0.1, -0.05) is 6.92 Å². The van der Waals surface area contributed by atoms with Crippen LogP contribution in [0.3, 0.4) is 0 Å². The van der Waals surface area contributed by atoms with Crippen LogP contribution in [0.25, 0.3) is 0 Å². The summed E-state index contributed by atoms with van der Waals surface area (Å²) in [7, 11) is -3.86. The zero-order chi connectivity index (χ0) is 18.9. The molecule has 0 bridgehead atoms. The van der Waals surface area contributed by atoms with Crippen LogP contribution >= 0.6 is 0 Å².